The fraction of sp³-hybridized carbons (Fsp3) is 0.370. The minimum atomic E-state index is -0.0926. The molecule has 0 radical (unpaired) electrons. The monoisotopic (exact) mass is 620 g/mol. The number of allylic oxidation sites excluding steroid dienone is 2. The van der Waals surface area contributed by atoms with Crippen LogP contribution in [0.3, 0.4) is 0 Å². The van der Waals surface area contributed by atoms with Crippen LogP contribution in [0.2, 0.25) is 0 Å². The first kappa shape index (κ1) is 30.6. The number of carbonyl (C=O) groups excluding carboxylic acids is 1. The van der Waals surface area contributed by atoms with Crippen LogP contribution in [0.25, 0.3) is 12.2 Å². The Kier molecular flexibility index (Phi) is 10.7. The number of hydrogen-bond acceptors (Lipinski definition) is 11. The summed E-state index contributed by atoms with van der Waals surface area (Å²) in [7, 11) is 3.39. The lowest BCUT2D eigenvalue weighted by Crippen LogP contribution is -2.30. The number of methoxy groups -OCH3 is 1. The van der Waals surface area contributed by atoms with Gasteiger partial charge in [-0.15, -0.1) is 11.3 Å². The molecule has 2 aromatic rings. The molecule has 0 atom stereocenters. The molecule has 0 N–H and O–H groups in total. The van der Waals surface area contributed by atoms with Crippen LogP contribution in [0.4, 0.5) is 11.4 Å². The number of thiazole rings is 1. The summed E-state index contributed by atoms with van der Waals surface area (Å²) in [5.41, 5.74) is 1.95. The Morgan fingerprint density at radius 2 is 1.75 bits per heavy atom. The number of hydrogen-bond donors (Lipinski definition) is 0. The van der Waals surface area contributed by atoms with Crippen LogP contribution in [0.1, 0.15) is 20.8 Å². The maximum absolute atomic E-state index is 13.2. The summed E-state index contributed by atoms with van der Waals surface area (Å²) in [6, 6.07) is 6.14. The standard InChI is InChI=1S/C27H32N4O5S4/c1-6-29-19-10-9-18(28(4)36-17-35-16-34-5)15-22(19)39-23(29)13-11-20-25(32)30(7-2)24(38-20)14-12-21-26(33)31(8-3)27(37)40-21/h9-15H,6-8,16-17H2,1-5H3. The molecule has 9 nitrogen and oxygen atoms in total. The van der Waals surface area contributed by atoms with Crippen LogP contribution in [-0.4, -0.2) is 60.5 Å². The van der Waals surface area contributed by atoms with Gasteiger partial charge in [0.2, 0.25) is 0 Å². The smallest absolute Gasteiger partial charge is 0.269 e. The molecule has 0 spiro atoms. The second kappa shape index (κ2) is 14.0. The highest BCUT2D eigenvalue weighted by atomic mass is 32.2. The second-order valence-corrected chi connectivity index (χ2v) is 12.3. The third-order valence-electron chi connectivity index (χ3n) is 6.12. The van der Waals surface area contributed by atoms with Gasteiger partial charge in [-0.05, 0) is 63.3 Å². The second-order valence-electron chi connectivity index (χ2n) is 8.49. The van der Waals surface area contributed by atoms with Crippen LogP contribution < -0.4 is 24.7 Å². The summed E-state index contributed by atoms with van der Waals surface area (Å²) in [5, 5.41) is 2.70. The Morgan fingerprint density at radius 3 is 2.42 bits per heavy atom. The number of likely N-dealkylation sites (N-methyl/N-ethyl adjacent to an activating group) is 1. The van der Waals surface area contributed by atoms with Gasteiger partial charge in [0.1, 0.15) is 11.1 Å². The number of thiocarbonyl (C=S) groups is 1. The number of aromatic nitrogens is 1. The Hall–Kier alpha value is -2.39. The fourth-order valence-electron chi connectivity index (χ4n) is 4.10. The van der Waals surface area contributed by atoms with E-state index >= 15 is 0 Å². The third kappa shape index (κ3) is 6.56. The van der Waals surface area contributed by atoms with Crippen molar-refractivity contribution in [3.8, 4) is 0 Å². The number of carbonyl (C=O) groups is 1. The van der Waals surface area contributed by atoms with E-state index in [-0.39, 0.29) is 25.1 Å². The fourth-order valence-corrected chi connectivity index (χ4v) is 7.61. The maximum atomic E-state index is 13.2. The number of hydroxylamine groups is 1. The molecule has 1 fully saturated rings. The number of amides is 1. The number of thioether (sulfide) groups is 2. The largest absolute Gasteiger partial charge is 0.359 e. The van der Waals surface area contributed by atoms with Crippen molar-refractivity contribution < 1.29 is 19.1 Å². The Morgan fingerprint density at radius 1 is 0.975 bits per heavy atom. The molecule has 13 heteroatoms. The first-order chi connectivity index (χ1) is 19.3. The topological polar surface area (TPSA) is 76.5 Å². The van der Waals surface area contributed by atoms with Gasteiger partial charge in [0, 0.05) is 38.7 Å². The van der Waals surface area contributed by atoms with Crippen LogP contribution >= 0.6 is 47.1 Å². The summed E-state index contributed by atoms with van der Waals surface area (Å²) in [4.78, 5) is 36.8. The number of fused-ring (bicyclic) bond motifs is 1. The number of nitrogens with zero attached hydrogens (tertiary/aromatic N) is 4. The van der Waals surface area contributed by atoms with E-state index in [9.17, 15) is 9.59 Å². The number of benzene rings is 1. The number of rotatable bonds is 11. The molecule has 0 aliphatic carbocycles. The van der Waals surface area contributed by atoms with Gasteiger partial charge >= 0.3 is 0 Å². The molecule has 40 heavy (non-hydrogen) atoms. The van der Waals surface area contributed by atoms with E-state index in [4.69, 9.17) is 26.5 Å². The van der Waals surface area contributed by atoms with E-state index in [1.54, 1.807) is 39.5 Å². The normalized spacial score (nSPS) is 18.2. The predicted molar refractivity (Wildman–Crippen MR) is 169 cm³/mol. The highest BCUT2D eigenvalue weighted by Crippen LogP contribution is 2.47. The molecule has 214 valence electrons. The Labute approximate surface area is 251 Å². The Balaban J connectivity index is 1.59. The zero-order chi connectivity index (χ0) is 28.8. The molecule has 2 aliphatic heterocycles. The molecule has 1 saturated heterocycles. The Bertz CT molecular complexity index is 1510. The molecule has 1 aromatic carbocycles. The van der Waals surface area contributed by atoms with Gasteiger partial charge in [-0.1, -0.05) is 35.7 Å². The third-order valence-corrected chi connectivity index (χ3v) is 9.73. The first-order valence-electron chi connectivity index (χ1n) is 12.7. The molecular formula is C27H32N4O5S4. The predicted octanol–water partition coefficient (Wildman–Crippen LogP) is 3.67. The van der Waals surface area contributed by atoms with Crippen molar-refractivity contribution in [2.24, 2.45) is 0 Å². The summed E-state index contributed by atoms with van der Waals surface area (Å²) in [6.45, 7) is 8.05. The summed E-state index contributed by atoms with van der Waals surface area (Å²) < 4.78 is 13.8. The highest BCUT2D eigenvalue weighted by Gasteiger charge is 2.30. The van der Waals surface area contributed by atoms with E-state index in [2.05, 4.69) is 24.0 Å². The van der Waals surface area contributed by atoms with Crippen LogP contribution in [0, 0.1) is 0 Å². The van der Waals surface area contributed by atoms with Gasteiger partial charge in [-0.3, -0.25) is 24.1 Å². The summed E-state index contributed by atoms with van der Waals surface area (Å²) in [6.07, 6.45) is 7.48. The van der Waals surface area contributed by atoms with Crippen molar-refractivity contribution >= 4 is 80.8 Å². The lowest BCUT2D eigenvalue weighted by molar-refractivity contribution is -0.123. The van der Waals surface area contributed by atoms with Gasteiger partial charge in [0.05, 0.1) is 30.5 Å². The van der Waals surface area contributed by atoms with Gasteiger partial charge in [0.15, 0.2) is 6.79 Å². The molecule has 0 bridgehead atoms. The summed E-state index contributed by atoms with van der Waals surface area (Å²) >= 11 is 9.65. The van der Waals surface area contributed by atoms with Gasteiger partial charge in [-0.25, -0.2) is 4.84 Å². The molecular weight excluding hydrogens is 589 g/mol. The number of ether oxygens (including phenoxy) is 2. The van der Waals surface area contributed by atoms with Crippen molar-refractivity contribution in [1.29, 1.82) is 0 Å². The van der Waals surface area contributed by atoms with Crippen molar-refractivity contribution in [2.45, 2.75) is 32.2 Å². The van der Waals surface area contributed by atoms with Gasteiger partial charge in [0.25, 0.3) is 11.5 Å². The number of anilines is 2. The molecule has 1 aromatic heterocycles. The van der Waals surface area contributed by atoms with E-state index in [0.29, 0.717) is 26.8 Å². The summed E-state index contributed by atoms with van der Waals surface area (Å²) in [5.74, 6) is -0.0926. The molecule has 0 saturated carbocycles. The van der Waals surface area contributed by atoms with Gasteiger partial charge in [-0.2, -0.15) is 0 Å². The van der Waals surface area contributed by atoms with Crippen LogP contribution in [-0.2, 0) is 25.7 Å². The maximum Gasteiger partial charge on any atom is 0.269 e. The lowest BCUT2D eigenvalue weighted by atomic mass is 10.2. The van der Waals surface area contributed by atoms with Gasteiger partial charge < -0.3 is 14.4 Å². The van der Waals surface area contributed by atoms with E-state index in [1.807, 2.05) is 45.2 Å². The zero-order valence-corrected chi connectivity index (χ0v) is 26.3. The quantitative estimate of drug-likeness (QED) is 0.122. The van der Waals surface area contributed by atoms with Crippen molar-refractivity contribution in [3.63, 3.8) is 0 Å². The minimum Gasteiger partial charge on any atom is -0.359 e. The van der Waals surface area contributed by atoms with E-state index < -0.39 is 0 Å². The minimum absolute atomic E-state index is 0.0505. The highest BCUT2D eigenvalue weighted by molar-refractivity contribution is 8.26. The zero-order valence-electron chi connectivity index (χ0n) is 23.0. The van der Waals surface area contributed by atoms with Crippen LogP contribution in [0.15, 0.2) is 50.0 Å². The molecule has 1 amide bonds. The van der Waals surface area contributed by atoms with E-state index in [1.165, 1.54) is 23.1 Å². The molecule has 3 heterocycles. The lowest BCUT2D eigenvalue weighted by Gasteiger charge is -2.20. The van der Waals surface area contributed by atoms with Crippen molar-refractivity contribution in [2.75, 3.05) is 50.8 Å². The first-order valence-corrected chi connectivity index (χ1v) is 15.6. The molecule has 4 rings (SSSR count). The van der Waals surface area contributed by atoms with Crippen molar-refractivity contribution in [1.82, 2.24) is 9.47 Å². The average molecular weight is 621 g/mol. The average Bonchev–Trinajstić information content (AvgIpc) is 3.56. The van der Waals surface area contributed by atoms with Crippen molar-refractivity contribution in [3.05, 3.63) is 59.8 Å². The molecule has 0 unspecified atom stereocenters. The van der Waals surface area contributed by atoms with E-state index in [0.717, 1.165) is 32.5 Å². The molecule has 2 aliphatic rings. The SMILES string of the molecule is CCN1C(=O)C(=CC=c2sc(=CC=C3Sc4cc(N(C)OCOCOC)ccc4N3CC)c(=O)n2CC)SC1=S. The van der Waals surface area contributed by atoms with Crippen LogP contribution in [0.5, 0.6) is 0 Å².